The van der Waals surface area contributed by atoms with Crippen LogP contribution in [0.25, 0.3) is 11.1 Å². The van der Waals surface area contributed by atoms with Crippen molar-refractivity contribution in [2.45, 2.75) is 43.7 Å². The van der Waals surface area contributed by atoms with Crippen LogP contribution in [0.3, 0.4) is 0 Å². The lowest BCUT2D eigenvalue weighted by molar-refractivity contribution is -0.141. The van der Waals surface area contributed by atoms with E-state index in [0.717, 1.165) is 17.5 Å². The summed E-state index contributed by atoms with van der Waals surface area (Å²) >= 11 is 0. The molecule has 2 aromatic carbocycles. The summed E-state index contributed by atoms with van der Waals surface area (Å²) in [5, 5.41) is 14.9. The van der Waals surface area contributed by atoms with Crippen molar-refractivity contribution >= 4 is 18.0 Å². The summed E-state index contributed by atoms with van der Waals surface area (Å²) in [4.78, 5) is 36.5. The topological polar surface area (TPSA) is 114 Å². The van der Waals surface area contributed by atoms with Gasteiger partial charge in [-0.25, -0.2) is 4.79 Å². The Bertz CT molecular complexity index is 1070. The lowest BCUT2D eigenvalue weighted by Gasteiger charge is -2.22. The van der Waals surface area contributed by atoms with Gasteiger partial charge in [0.05, 0.1) is 24.5 Å². The standard InChI is InChI=1S/C27H30N2O6/c30-25(28-13-17-12-16(14-34-17)26(31)32)22-10-5-11-24(22)29-27(33)35-15-23-20-8-3-1-6-18(20)19-7-2-4-9-21(19)23/h1-4,6-9,16-17,22-24H,5,10-15H2,(H,28,30)(H,29,33)(H,31,32)/t16?,17?,22-,24+/m0/s1. The summed E-state index contributed by atoms with van der Waals surface area (Å²) in [7, 11) is 0. The van der Waals surface area contributed by atoms with Crippen LogP contribution in [0.1, 0.15) is 42.7 Å². The predicted molar refractivity (Wildman–Crippen MR) is 128 cm³/mol. The zero-order valence-corrected chi connectivity index (χ0v) is 19.4. The number of carbonyl (C=O) groups is 3. The van der Waals surface area contributed by atoms with E-state index in [9.17, 15) is 14.4 Å². The van der Waals surface area contributed by atoms with E-state index in [1.54, 1.807) is 0 Å². The number of carboxylic acid groups (broad SMARTS) is 1. The molecule has 35 heavy (non-hydrogen) atoms. The highest BCUT2D eigenvalue weighted by molar-refractivity contribution is 5.81. The first-order valence-corrected chi connectivity index (χ1v) is 12.2. The van der Waals surface area contributed by atoms with E-state index < -0.39 is 18.0 Å². The Balaban J connectivity index is 1.13. The number of nitrogens with one attached hydrogen (secondary N) is 2. The van der Waals surface area contributed by atoms with Crippen molar-refractivity contribution in [1.29, 1.82) is 0 Å². The number of alkyl carbamates (subject to hydrolysis) is 1. The highest BCUT2D eigenvalue weighted by Crippen LogP contribution is 2.44. The zero-order chi connectivity index (χ0) is 24.4. The van der Waals surface area contributed by atoms with Crippen molar-refractivity contribution in [3.05, 3.63) is 59.7 Å². The first kappa shape index (κ1) is 23.4. The van der Waals surface area contributed by atoms with Crippen LogP contribution in [0.4, 0.5) is 4.79 Å². The third kappa shape index (κ3) is 4.89. The summed E-state index contributed by atoms with van der Waals surface area (Å²) in [6.07, 6.45) is 1.82. The minimum Gasteiger partial charge on any atom is -0.481 e. The van der Waals surface area contributed by atoms with E-state index in [4.69, 9.17) is 14.6 Å². The molecule has 0 radical (unpaired) electrons. The highest BCUT2D eigenvalue weighted by Gasteiger charge is 2.36. The van der Waals surface area contributed by atoms with Gasteiger partial charge >= 0.3 is 12.1 Å². The van der Waals surface area contributed by atoms with Crippen molar-refractivity contribution in [2.24, 2.45) is 11.8 Å². The molecular formula is C27H30N2O6. The van der Waals surface area contributed by atoms with Gasteiger partial charge < -0.3 is 25.2 Å². The Kier molecular flexibility index (Phi) is 6.72. The fourth-order valence-electron chi connectivity index (χ4n) is 5.60. The molecule has 0 spiro atoms. The summed E-state index contributed by atoms with van der Waals surface area (Å²) in [5.41, 5.74) is 4.65. The van der Waals surface area contributed by atoms with Gasteiger partial charge in [-0.2, -0.15) is 0 Å². The average Bonchev–Trinajstić information content (AvgIpc) is 3.59. The quantitative estimate of drug-likeness (QED) is 0.563. The Hall–Kier alpha value is -3.39. The minimum absolute atomic E-state index is 0.0168. The Labute approximate surface area is 204 Å². The van der Waals surface area contributed by atoms with Crippen LogP contribution in [-0.4, -0.2) is 55.0 Å². The molecule has 8 heteroatoms. The summed E-state index contributed by atoms with van der Waals surface area (Å²) < 4.78 is 11.1. The van der Waals surface area contributed by atoms with Crippen molar-refractivity contribution in [3.8, 4) is 11.1 Å². The second kappa shape index (κ2) is 10.1. The number of ether oxygens (including phenoxy) is 2. The zero-order valence-electron chi connectivity index (χ0n) is 19.4. The second-order valence-corrected chi connectivity index (χ2v) is 9.59. The van der Waals surface area contributed by atoms with Gasteiger partial charge in [-0.1, -0.05) is 55.0 Å². The Morgan fingerprint density at radius 3 is 2.34 bits per heavy atom. The molecule has 184 valence electrons. The largest absolute Gasteiger partial charge is 0.481 e. The van der Waals surface area contributed by atoms with Crippen molar-refractivity contribution in [1.82, 2.24) is 10.6 Å². The molecule has 8 nitrogen and oxygen atoms in total. The number of fused-ring (bicyclic) bond motifs is 3. The maximum absolute atomic E-state index is 12.8. The number of carbonyl (C=O) groups excluding carboxylic acids is 2. The van der Waals surface area contributed by atoms with E-state index in [-0.39, 0.29) is 49.6 Å². The van der Waals surface area contributed by atoms with E-state index in [2.05, 4.69) is 34.9 Å². The molecule has 1 saturated heterocycles. The molecule has 2 fully saturated rings. The first-order chi connectivity index (χ1) is 17.0. The van der Waals surface area contributed by atoms with Gasteiger partial charge in [0.2, 0.25) is 5.91 Å². The fourth-order valence-corrected chi connectivity index (χ4v) is 5.60. The van der Waals surface area contributed by atoms with E-state index in [1.807, 2.05) is 24.3 Å². The lowest BCUT2D eigenvalue weighted by Crippen LogP contribution is -2.45. The maximum Gasteiger partial charge on any atom is 0.407 e. The summed E-state index contributed by atoms with van der Waals surface area (Å²) in [5.74, 6) is -1.90. The second-order valence-electron chi connectivity index (χ2n) is 9.59. The Morgan fingerprint density at radius 2 is 1.69 bits per heavy atom. The lowest BCUT2D eigenvalue weighted by atomic mass is 9.98. The van der Waals surface area contributed by atoms with Gasteiger partial charge in [-0.3, -0.25) is 9.59 Å². The molecule has 1 saturated carbocycles. The molecule has 4 atom stereocenters. The molecule has 1 aliphatic heterocycles. The molecule has 5 rings (SSSR count). The van der Waals surface area contributed by atoms with Crippen LogP contribution >= 0.6 is 0 Å². The molecule has 2 aliphatic carbocycles. The number of aliphatic carboxylic acids is 1. The summed E-state index contributed by atoms with van der Waals surface area (Å²) in [6.45, 7) is 0.676. The molecular weight excluding hydrogens is 448 g/mol. The third-order valence-electron chi connectivity index (χ3n) is 7.43. The van der Waals surface area contributed by atoms with Crippen LogP contribution < -0.4 is 10.6 Å². The van der Waals surface area contributed by atoms with Crippen molar-refractivity contribution < 1.29 is 29.0 Å². The predicted octanol–water partition coefficient (Wildman–Crippen LogP) is 3.30. The van der Waals surface area contributed by atoms with Gasteiger partial charge in [-0.15, -0.1) is 0 Å². The van der Waals surface area contributed by atoms with Crippen LogP contribution in [0.15, 0.2) is 48.5 Å². The normalized spacial score (nSPS) is 25.0. The number of carboxylic acids is 1. The van der Waals surface area contributed by atoms with E-state index in [1.165, 1.54) is 11.1 Å². The van der Waals surface area contributed by atoms with Gasteiger partial charge in [-0.05, 0) is 41.5 Å². The maximum atomic E-state index is 12.8. The summed E-state index contributed by atoms with van der Waals surface area (Å²) in [6, 6.07) is 16.1. The Morgan fingerprint density at radius 1 is 1.00 bits per heavy atom. The monoisotopic (exact) mass is 478 g/mol. The van der Waals surface area contributed by atoms with Crippen LogP contribution in [-0.2, 0) is 19.1 Å². The molecule has 2 amide bonds. The molecule has 2 unspecified atom stereocenters. The third-order valence-corrected chi connectivity index (χ3v) is 7.43. The molecule has 1 heterocycles. The van der Waals surface area contributed by atoms with Gasteiger partial charge in [0.1, 0.15) is 6.61 Å². The molecule has 3 aliphatic rings. The highest BCUT2D eigenvalue weighted by atomic mass is 16.5. The number of rotatable bonds is 7. The van der Waals surface area contributed by atoms with Gasteiger partial charge in [0.15, 0.2) is 0 Å². The molecule has 0 aromatic heterocycles. The number of hydrogen-bond acceptors (Lipinski definition) is 5. The van der Waals surface area contributed by atoms with Crippen molar-refractivity contribution in [3.63, 3.8) is 0 Å². The van der Waals surface area contributed by atoms with Crippen LogP contribution in [0.5, 0.6) is 0 Å². The number of amides is 2. The van der Waals surface area contributed by atoms with Gasteiger partial charge in [0.25, 0.3) is 0 Å². The minimum atomic E-state index is -0.873. The van der Waals surface area contributed by atoms with Crippen molar-refractivity contribution in [2.75, 3.05) is 19.8 Å². The number of hydrogen-bond donors (Lipinski definition) is 3. The molecule has 0 bridgehead atoms. The number of benzene rings is 2. The molecule has 2 aromatic rings. The first-order valence-electron chi connectivity index (χ1n) is 12.2. The fraction of sp³-hybridized carbons (Fsp3) is 0.444. The average molecular weight is 479 g/mol. The van der Waals surface area contributed by atoms with Crippen LogP contribution in [0, 0.1) is 11.8 Å². The van der Waals surface area contributed by atoms with Crippen LogP contribution in [0.2, 0.25) is 0 Å². The van der Waals surface area contributed by atoms with E-state index >= 15 is 0 Å². The van der Waals surface area contributed by atoms with Gasteiger partial charge in [0, 0.05) is 18.5 Å². The SMILES string of the molecule is O=C(N[C@@H]1CCC[C@@H]1C(=O)NCC1CC(C(=O)O)CO1)OCC1c2ccccc2-c2ccccc21. The molecule has 3 N–H and O–H groups in total. The smallest absolute Gasteiger partial charge is 0.407 e. The van der Waals surface area contributed by atoms with E-state index in [0.29, 0.717) is 19.3 Å².